The molecule has 1 saturated carbocycles. The molecule has 1 saturated heterocycles. The van der Waals surface area contributed by atoms with Crippen LogP contribution in [0.1, 0.15) is 11.5 Å². The zero-order valence-corrected chi connectivity index (χ0v) is 10.1. The third-order valence-corrected chi connectivity index (χ3v) is 5.27. The fourth-order valence-corrected chi connectivity index (χ4v) is 4.44. The number of halogens is 1. The largest absolute Gasteiger partial charge is 0.381 e. The minimum Gasteiger partial charge on any atom is -0.381 e. The summed E-state index contributed by atoms with van der Waals surface area (Å²) in [6.45, 7) is 1.96. The lowest BCUT2D eigenvalue weighted by molar-refractivity contribution is 0.185. The van der Waals surface area contributed by atoms with E-state index in [0.29, 0.717) is 0 Å². The van der Waals surface area contributed by atoms with Gasteiger partial charge in [0.15, 0.2) is 0 Å². The van der Waals surface area contributed by atoms with Gasteiger partial charge in [-0.15, -0.1) is 0 Å². The number of alkyl halides is 1. The number of hydrogen-bond acceptors (Lipinski definition) is 1. The Bertz CT molecular complexity index is 324. The normalized spacial score (nSPS) is 40.4. The molecule has 74 valence electrons. The predicted molar refractivity (Wildman–Crippen MR) is 64.8 cm³/mol. The molecule has 0 radical (unpaired) electrons. The molecule has 2 heteroatoms. The molecule has 3 rings (SSSR count). The fourth-order valence-electron chi connectivity index (χ4n) is 2.75. The molecule has 1 aromatic rings. The van der Waals surface area contributed by atoms with Crippen molar-refractivity contribution in [2.45, 2.75) is 9.84 Å². The van der Waals surface area contributed by atoms with E-state index < -0.39 is 0 Å². The third kappa shape index (κ3) is 1.23. The smallest absolute Gasteiger partial charge is 0.0508 e. The highest BCUT2D eigenvalue weighted by Crippen LogP contribution is 2.54. The van der Waals surface area contributed by atoms with Gasteiger partial charge in [0.1, 0.15) is 0 Å². The van der Waals surface area contributed by atoms with E-state index in [0.717, 1.165) is 34.9 Å². The van der Waals surface area contributed by atoms with E-state index in [9.17, 15) is 0 Å². The summed E-state index contributed by atoms with van der Waals surface area (Å²) in [5.41, 5.74) is 1.50. The van der Waals surface area contributed by atoms with Gasteiger partial charge >= 0.3 is 0 Å². The number of hydrogen-bond donors (Lipinski definition) is 0. The number of rotatable bonds is 1. The standard InChI is InChI=1S/C12H13IO/c13-12-10-7-14-6-9(10)11(12)8-4-2-1-3-5-8/h1-5,9-12H,6-7H2/t9-,10+,11+,12-/m1/s1. The van der Waals surface area contributed by atoms with E-state index in [4.69, 9.17) is 4.74 Å². The Balaban J connectivity index is 1.87. The van der Waals surface area contributed by atoms with Gasteiger partial charge in [0, 0.05) is 15.8 Å². The minimum atomic E-state index is 0.740. The van der Waals surface area contributed by atoms with Gasteiger partial charge in [0.25, 0.3) is 0 Å². The van der Waals surface area contributed by atoms with Crippen LogP contribution in [0.25, 0.3) is 0 Å². The van der Waals surface area contributed by atoms with Crippen LogP contribution in [0.3, 0.4) is 0 Å². The van der Waals surface area contributed by atoms with Crippen molar-refractivity contribution in [3.63, 3.8) is 0 Å². The maximum Gasteiger partial charge on any atom is 0.0508 e. The van der Waals surface area contributed by atoms with Crippen molar-refractivity contribution in [1.82, 2.24) is 0 Å². The maximum absolute atomic E-state index is 5.55. The first-order chi connectivity index (χ1) is 6.88. The summed E-state index contributed by atoms with van der Waals surface area (Å²) in [6.07, 6.45) is 0. The zero-order chi connectivity index (χ0) is 9.54. The molecule has 1 heterocycles. The van der Waals surface area contributed by atoms with E-state index in [1.54, 1.807) is 0 Å². The molecular formula is C12H13IO. The van der Waals surface area contributed by atoms with Crippen LogP contribution in [0.4, 0.5) is 0 Å². The highest BCUT2D eigenvalue weighted by Gasteiger charge is 2.52. The maximum atomic E-state index is 5.55. The van der Waals surface area contributed by atoms with E-state index >= 15 is 0 Å². The molecule has 1 aliphatic heterocycles. The molecule has 1 aromatic carbocycles. The van der Waals surface area contributed by atoms with Crippen LogP contribution in [-0.2, 0) is 4.74 Å². The van der Waals surface area contributed by atoms with Crippen LogP contribution in [0.2, 0.25) is 0 Å². The van der Waals surface area contributed by atoms with Crippen LogP contribution < -0.4 is 0 Å². The van der Waals surface area contributed by atoms with Gasteiger partial charge in [-0.25, -0.2) is 0 Å². The van der Waals surface area contributed by atoms with Gasteiger partial charge < -0.3 is 4.74 Å². The molecule has 0 aromatic heterocycles. The molecule has 0 N–H and O–H groups in total. The van der Waals surface area contributed by atoms with E-state index in [1.807, 2.05) is 0 Å². The van der Waals surface area contributed by atoms with Crippen LogP contribution in [0, 0.1) is 11.8 Å². The Morgan fingerprint density at radius 3 is 2.57 bits per heavy atom. The topological polar surface area (TPSA) is 9.23 Å². The Hall–Kier alpha value is -0.0900. The molecule has 2 aliphatic rings. The minimum absolute atomic E-state index is 0.740. The van der Waals surface area contributed by atoms with Gasteiger partial charge in [-0.2, -0.15) is 0 Å². The molecule has 4 atom stereocenters. The molecule has 2 fully saturated rings. The van der Waals surface area contributed by atoms with Crippen molar-refractivity contribution >= 4 is 22.6 Å². The zero-order valence-electron chi connectivity index (χ0n) is 7.90. The fraction of sp³-hybridized carbons (Fsp3) is 0.500. The monoisotopic (exact) mass is 300 g/mol. The first kappa shape index (κ1) is 9.16. The summed E-state index contributed by atoms with van der Waals surface area (Å²) >= 11 is 2.60. The Labute approximate surface area is 98.0 Å². The second kappa shape index (κ2) is 3.49. The van der Waals surface area contributed by atoms with Gasteiger partial charge in [0.2, 0.25) is 0 Å². The van der Waals surface area contributed by atoms with Crippen LogP contribution in [-0.4, -0.2) is 17.1 Å². The molecule has 0 bridgehead atoms. The quantitative estimate of drug-likeness (QED) is 0.572. The van der Waals surface area contributed by atoms with E-state index in [1.165, 1.54) is 5.56 Å². The Morgan fingerprint density at radius 2 is 1.79 bits per heavy atom. The lowest BCUT2D eigenvalue weighted by atomic mass is 9.64. The highest BCUT2D eigenvalue weighted by atomic mass is 127. The summed E-state index contributed by atoms with van der Waals surface area (Å²) in [6, 6.07) is 10.9. The SMILES string of the molecule is I[C@@H]1[C@H]2COC[C@H]2[C@@H]1c1ccccc1. The van der Waals surface area contributed by atoms with E-state index in [-0.39, 0.29) is 0 Å². The molecule has 14 heavy (non-hydrogen) atoms. The lowest BCUT2D eigenvalue weighted by Crippen LogP contribution is -2.44. The average Bonchev–Trinajstić information content (AvgIpc) is 2.63. The van der Waals surface area contributed by atoms with Crippen LogP contribution in [0.15, 0.2) is 30.3 Å². The van der Waals surface area contributed by atoms with Crippen molar-refractivity contribution < 1.29 is 4.74 Å². The number of benzene rings is 1. The molecule has 1 aliphatic carbocycles. The van der Waals surface area contributed by atoms with Crippen molar-refractivity contribution in [3.8, 4) is 0 Å². The second-order valence-electron chi connectivity index (χ2n) is 4.25. The number of ether oxygens (including phenoxy) is 1. The van der Waals surface area contributed by atoms with Gasteiger partial charge in [-0.05, 0) is 11.5 Å². The lowest BCUT2D eigenvalue weighted by Gasteiger charge is -2.44. The molecular weight excluding hydrogens is 287 g/mol. The third-order valence-electron chi connectivity index (χ3n) is 3.57. The van der Waals surface area contributed by atoms with Gasteiger partial charge in [-0.1, -0.05) is 52.9 Å². The summed E-state index contributed by atoms with van der Waals surface area (Å²) in [5, 5.41) is 0. The Morgan fingerprint density at radius 1 is 1.07 bits per heavy atom. The first-order valence-corrected chi connectivity index (χ1v) is 6.39. The van der Waals surface area contributed by atoms with Crippen LogP contribution >= 0.6 is 22.6 Å². The Kier molecular flexibility index (Phi) is 2.28. The van der Waals surface area contributed by atoms with Gasteiger partial charge in [-0.3, -0.25) is 0 Å². The van der Waals surface area contributed by atoms with Crippen molar-refractivity contribution in [2.24, 2.45) is 11.8 Å². The highest BCUT2D eigenvalue weighted by molar-refractivity contribution is 14.1. The summed E-state index contributed by atoms with van der Waals surface area (Å²) in [5.74, 6) is 2.35. The molecule has 0 spiro atoms. The van der Waals surface area contributed by atoms with Crippen molar-refractivity contribution in [3.05, 3.63) is 35.9 Å². The van der Waals surface area contributed by atoms with Crippen molar-refractivity contribution in [1.29, 1.82) is 0 Å². The molecule has 0 amide bonds. The predicted octanol–water partition coefficient (Wildman–Crippen LogP) is 2.85. The van der Waals surface area contributed by atoms with Crippen molar-refractivity contribution in [2.75, 3.05) is 13.2 Å². The molecule has 1 nitrogen and oxygen atoms in total. The first-order valence-electron chi connectivity index (χ1n) is 5.14. The van der Waals surface area contributed by atoms with Gasteiger partial charge in [0.05, 0.1) is 13.2 Å². The summed E-state index contributed by atoms with van der Waals surface area (Å²) in [4.78, 5) is 0. The summed E-state index contributed by atoms with van der Waals surface area (Å²) < 4.78 is 6.33. The second-order valence-corrected chi connectivity index (χ2v) is 5.68. The van der Waals surface area contributed by atoms with E-state index in [2.05, 4.69) is 52.9 Å². The molecule has 0 unspecified atom stereocenters. The summed E-state index contributed by atoms with van der Waals surface area (Å²) in [7, 11) is 0. The number of fused-ring (bicyclic) bond motifs is 1. The van der Waals surface area contributed by atoms with Crippen LogP contribution in [0.5, 0.6) is 0 Å². The average molecular weight is 300 g/mol.